The van der Waals surface area contributed by atoms with Crippen LogP contribution in [0.25, 0.3) is 0 Å². The number of hydrogen-bond acceptors (Lipinski definition) is 2. The highest BCUT2D eigenvalue weighted by molar-refractivity contribution is 7.90. The molecule has 0 saturated carbocycles. The van der Waals surface area contributed by atoms with E-state index in [1.54, 1.807) is 43.3 Å². The van der Waals surface area contributed by atoms with Crippen LogP contribution in [0.5, 0.6) is 0 Å². The molecule has 0 amide bonds. The molecule has 0 spiro atoms. The average Bonchev–Trinajstić information content (AvgIpc) is 2.64. The Hall–Kier alpha value is -2.63. The maximum Gasteiger partial charge on any atom is 0.284 e. The van der Waals surface area contributed by atoms with Gasteiger partial charge in [-0.15, -0.1) is 4.40 Å². The average molecular weight is 399 g/mol. The van der Waals surface area contributed by atoms with Gasteiger partial charge in [-0.1, -0.05) is 41.9 Å². The van der Waals surface area contributed by atoms with Crippen LogP contribution in [0.1, 0.15) is 16.7 Å². The molecule has 0 aliphatic heterocycles. The lowest BCUT2D eigenvalue weighted by Crippen LogP contribution is -2.16. The molecule has 0 aliphatic rings. The number of hydrogen-bond donors (Lipinski definition) is 1. The van der Waals surface area contributed by atoms with Crippen LogP contribution in [0.15, 0.2) is 82.1 Å². The van der Waals surface area contributed by atoms with Crippen molar-refractivity contribution in [2.24, 2.45) is 4.40 Å². The number of halogens is 1. The van der Waals surface area contributed by atoms with Gasteiger partial charge in [0.2, 0.25) is 0 Å². The largest absolute Gasteiger partial charge is 0.339 e. The monoisotopic (exact) mass is 398 g/mol. The molecule has 138 valence electrons. The van der Waals surface area contributed by atoms with E-state index in [4.69, 9.17) is 11.6 Å². The van der Waals surface area contributed by atoms with E-state index in [0.29, 0.717) is 16.1 Å². The topological polar surface area (TPSA) is 58.5 Å². The highest BCUT2D eigenvalue weighted by Gasteiger charge is 2.18. The van der Waals surface area contributed by atoms with Gasteiger partial charge < -0.3 is 5.32 Å². The van der Waals surface area contributed by atoms with Crippen LogP contribution in [0.4, 0.5) is 5.69 Å². The van der Waals surface area contributed by atoms with Crippen molar-refractivity contribution in [1.29, 1.82) is 0 Å². The predicted octanol–water partition coefficient (Wildman–Crippen LogP) is 5.20. The number of anilines is 1. The molecule has 4 nitrogen and oxygen atoms in total. The number of nitrogens with zero attached hydrogens (tertiary/aromatic N) is 1. The summed E-state index contributed by atoms with van der Waals surface area (Å²) in [4.78, 5) is 0.198. The third-order valence-corrected chi connectivity index (χ3v) is 5.66. The van der Waals surface area contributed by atoms with Crippen molar-refractivity contribution in [3.05, 3.63) is 94.5 Å². The van der Waals surface area contributed by atoms with Gasteiger partial charge in [0, 0.05) is 16.3 Å². The first-order valence-electron chi connectivity index (χ1n) is 8.35. The summed E-state index contributed by atoms with van der Waals surface area (Å²) >= 11 is 5.97. The van der Waals surface area contributed by atoms with E-state index < -0.39 is 10.0 Å². The number of aryl methyl sites for hydroxylation is 2. The third-order valence-electron chi connectivity index (χ3n) is 3.99. The van der Waals surface area contributed by atoms with Gasteiger partial charge >= 0.3 is 0 Å². The molecule has 0 fully saturated rings. The zero-order chi connectivity index (χ0) is 19.4. The molecule has 3 aromatic carbocycles. The van der Waals surface area contributed by atoms with Crippen LogP contribution in [0.3, 0.4) is 0 Å². The summed E-state index contributed by atoms with van der Waals surface area (Å²) in [6.07, 6.45) is 0. The van der Waals surface area contributed by atoms with Crippen molar-refractivity contribution < 1.29 is 8.42 Å². The summed E-state index contributed by atoms with van der Waals surface area (Å²) in [6.45, 7) is 3.61. The van der Waals surface area contributed by atoms with E-state index in [1.165, 1.54) is 0 Å². The van der Waals surface area contributed by atoms with Crippen molar-refractivity contribution in [2.45, 2.75) is 18.7 Å². The van der Waals surface area contributed by atoms with E-state index >= 15 is 0 Å². The fourth-order valence-electron chi connectivity index (χ4n) is 2.57. The number of amidine groups is 1. The minimum absolute atomic E-state index is 0.198. The second kappa shape index (κ2) is 7.94. The van der Waals surface area contributed by atoms with Gasteiger partial charge in [-0.05, 0) is 67.4 Å². The van der Waals surface area contributed by atoms with Crippen molar-refractivity contribution in [3.8, 4) is 0 Å². The van der Waals surface area contributed by atoms with Crippen LogP contribution in [0, 0.1) is 13.8 Å². The molecule has 0 atom stereocenters. The molecule has 0 aromatic heterocycles. The number of rotatable bonds is 4. The van der Waals surface area contributed by atoms with Gasteiger partial charge in [-0.25, -0.2) is 0 Å². The minimum Gasteiger partial charge on any atom is -0.339 e. The number of para-hydroxylation sites is 1. The molecular weight excluding hydrogens is 380 g/mol. The number of nitrogens with one attached hydrogen (secondary N) is 1. The highest BCUT2D eigenvalue weighted by Crippen LogP contribution is 2.21. The summed E-state index contributed by atoms with van der Waals surface area (Å²) in [7, 11) is -3.90. The van der Waals surface area contributed by atoms with E-state index in [-0.39, 0.29) is 10.7 Å². The zero-order valence-corrected chi connectivity index (χ0v) is 16.6. The predicted molar refractivity (Wildman–Crippen MR) is 111 cm³/mol. The van der Waals surface area contributed by atoms with Crippen molar-refractivity contribution >= 4 is 33.1 Å². The summed E-state index contributed by atoms with van der Waals surface area (Å²) in [5.41, 5.74) is 2.87. The first-order valence-corrected chi connectivity index (χ1v) is 10.2. The van der Waals surface area contributed by atoms with Gasteiger partial charge in [-0.3, -0.25) is 0 Å². The molecule has 0 unspecified atom stereocenters. The molecule has 3 aromatic rings. The zero-order valence-electron chi connectivity index (χ0n) is 15.0. The van der Waals surface area contributed by atoms with E-state index in [2.05, 4.69) is 9.71 Å². The molecule has 3 rings (SSSR count). The minimum atomic E-state index is -3.90. The standard InChI is InChI=1S/C21H19ClN2O2S/c1-15-8-9-16(2)20(14-15)27(25,26)24-21(17-10-12-18(22)13-11-17)23-19-6-4-3-5-7-19/h3-14H,1-2H3,(H,23,24). The SMILES string of the molecule is Cc1ccc(C)c(S(=O)(=O)/N=C(\Nc2ccccc2)c2ccc(Cl)cc2)c1. The summed E-state index contributed by atoms with van der Waals surface area (Å²) in [5.74, 6) is 0.235. The quantitative estimate of drug-likeness (QED) is 0.485. The Balaban J connectivity index is 2.11. The summed E-state index contributed by atoms with van der Waals surface area (Å²) in [6, 6.07) is 21.4. The normalized spacial score (nSPS) is 12.0. The van der Waals surface area contributed by atoms with Crippen molar-refractivity contribution in [1.82, 2.24) is 0 Å². The molecule has 27 heavy (non-hydrogen) atoms. The second-order valence-electron chi connectivity index (χ2n) is 6.18. The van der Waals surface area contributed by atoms with Crippen LogP contribution in [-0.4, -0.2) is 14.3 Å². The number of sulfonamides is 1. The molecule has 0 radical (unpaired) electrons. The highest BCUT2D eigenvalue weighted by atomic mass is 35.5. The summed E-state index contributed by atoms with van der Waals surface area (Å²) in [5, 5.41) is 3.67. The van der Waals surface area contributed by atoms with Crippen LogP contribution >= 0.6 is 11.6 Å². The lowest BCUT2D eigenvalue weighted by Gasteiger charge is -2.12. The Morgan fingerprint density at radius 1 is 0.926 bits per heavy atom. The molecule has 0 bridgehead atoms. The Morgan fingerprint density at radius 3 is 2.26 bits per heavy atom. The Kier molecular flexibility index (Phi) is 5.63. The molecule has 0 saturated heterocycles. The summed E-state index contributed by atoms with van der Waals surface area (Å²) < 4.78 is 30.1. The van der Waals surface area contributed by atoms with E-state index in [0.717, 1.165) is 11.3 Å². The Labute approximate surface area is 164 Å². The fraction of sp³-hybridized carbons (Fsp3) is 0.0952. The second-order valence-corrected chi connectivity index (χ2v) is 8.19. The first kappa shape index (κ1) is 19.1. The van der Waals surface area contributed by atoms with Gasteiger partial charge in [0.15, 0.2) is 5.84 Å². The Bertz CT molecular complexity index is 1080. The lowest BCUT2D eigenvalue weighted by molar-refractivity contribution is 0.597. The van der Waals surface area contributed by atoms with Gasteiger partial charge in [-0.2, -0.15) is 8.42 Å². The van der Waals surface area contributed by atoms with Crippen LogP contribution in [-0.2, 0) is 10.0 Å². The first-order chi connectivity index (χ1) is 12.8. The van der Waals surface area contributed by atoms with Crippen molar-refractivity contribution in [2.75, 3.05) is 5.32 Å². The Morgan fingerprint density at radius 2 is 1.59 bits per heavy atom. The lowest BCUT2D eigenvalue weighted by atomic mass is 10.2. The smallest absolute Gasteiger partial charge is 0.284 e. The molecule has 0 heterocycles. The number of benzene rings is 3. The molecule has 6 heteroatoms. The van der Waals surface area contributed by atoms with Gasteiger partial charge in [0.1, 0.15) is 0 Å². The van der Waals surface area contributed by atoms with Gasteiger partial charge in [0.05, 0.1) is 4.90 Å². The van der Waals surface area contributed by atoms with Crippen LogP contribution < -0.4 is 5.32 Å². The fourth-order valence-corrected chi connectivity index (χ4v) is 3.99. The van der Waals surface area contributed by atoms with Crippen LogP contribution in [0.2, 0.25) is 5.02 Å². The van der Waals surface area contributed by atoms with Crippen molar-refractivity contribution in [3.63, 3.8) is 0 Å². The molecule has 1 N–H and O–H groups in total. The van der Waals surface area contributed by atoms with Gasteiger partial charge in [0.25, 0.3) is 10.0 Å². The third kappa shape index (κ3) is 4.76. The van der Waals surface area contributed by atoms with E-state index in [1.807, 2.05) is 43.3 Å². The van der Waals surface area contributed by atoms with E-state index in [9.17, 15) is 8.42 Å². The molecule has 0 aliphatic carbocycles. The maximum absolute atomic E-state index is 13.0. The maximum atomic E-state index is 13.0. The molecular formula is C21H19ClN2O2S.